The number of carbonyl (C=O) groups is 2. The van der Waals surface area contributed by atoms with Crippen LogP contribution in [0.1, 0.15) is 42.6 Å². The van der Waals surface area contributed by atoms with E-state index in [-0.39, 0.29) is 18.4 Å². The van der Waals surface area contributed by atoms with Crippen molar-refractivity contribution in [1.29, 1.82) is 0 Å². The number of aromatic amines is 1. The molecule has 0 saturated carbocycles. The molecule has 6 heteroatoms. The molecule has 1 fully saturated rings. The van der Waals surface area contributed by atoms with Crippen LogP contribution in [0.5, 0.6) is 0 Å². The first-order valence-corrected chi connectivity index (χ1v) is 8.23. The number of benzene rings is 1. The minimum Gasteiger partial charge on any atom is -0.481 e. The first-order valence-electron chi connectivity index (χ1n) is 7.85. The fraction of sp³-hybridized carbons (Fsp3) is 0.412. The summed E-state index contributed by atoms with van der Waals surface area (Å²) in [5, 5.41) is 10.4. The number of aliphatic carboxylic acids is 1. The molecule has 0 radical (unpaired) electrons. The molecule has 1 atom stereocenters. The van der Waals surface area contributed by atoms with E-state index in [1.807, 2.05) is 17.0 Å². The Labute approximate surface area is 139 Å². The maximum absolute atomic E-state index is 12.8. The Bertz CT molecular complexity index is 741. The molecule has 2 heterocycles. The van der Waals surface area contributed by atoms with Crippen LogP contribution in [0.2, 0.25) is 5.02 Å². The summed E-state index contributed by atoms with van der Waals surface area (Å²) in [6.07, 6.45) is 3.46. The van der Waals surface area contributed by atoms with Gasteiger partial charge in [-0.25, -0.2) is 0 Å². The molecule has 0 bridgehead atoms. The van der Waals surface area contributed by atoms with Gasteiger partial charge in [-0.15, -0.1) is 0 Å². The Hall–Kier alpha value is -2.01. The lowest BCUT2D eigenvalue weighted by Gasteiger charge is -2.35. The molecule has 0 aliphatic carbocycles. The van der Waals surface area contributed by atoms with E-state index in [9.17, 15) is 9.59 Å². The van der Waals surface area contributed by atoms with Gasteiger partial charge in [0, 0.05) is 34.9 Å². The summed E-state index contributed by atoms with van der Waals surface area (Å²) in [5.74, 6) is -0.879. The van der Waals surface area contributed by atoms with Crippen molar-refractivity contribution in [3.8, 4) is 0 Å². The van der Waals surface area contributed by atoms with E-state index in [1.54, 1.807) is 12.1 Å². The fourth-order valence-corrected chi connectivity index (χ4v) is 3.40. The van der Waals surface area contributed by atoms with Crippen LogP contribution >= 0.6 is 11.6 Å². The van der Waals surface area contributed by atoms with E-state index in [1.165, 1.54) is 0 Å². The van der Waals surface area contributed by atoms with Gasteiger partial charge in [0.05, 0.1) is 0 Å². The summed E-state index contributed by atoms with van der Waals surface area (Å²) in [7, 11) is 0. The number of piperidine rings is 1. The van der Waals surface area contributed by atoms with E-state index in [4.69, 9.17) is 16.7 Å². The molecular formula is C17H19ClN2O3. The average molecular weight is 335 g/mol. The first kappa shape index (κ1) is 15.9. The first-order chi connectivity index (χ1) is 11.0. The quantitative estimate of drug-likeness (QED) is 0.895. The van der Waals surface area contributed by atoms with Gasteiger partial charge in [0.15, 0.2) is 0 Å². The number of aromatic nitrogens is 1. The highest BCUT2D eigenvalue weighted by molar-refractivity contribution is 6.31. The number of nitrogens with zero attached hydrogens (tertiary/aromatic N) is 1. The standard InChI is InChI=1S/C17H19ClN2O3/c18-12-5-4-11-9-15(19-14(11)10-12)17(23)20-8-2-1-3-13(20)6-7-16(21)22/h4-5,9-10,13,19H,1-3,6-8H2,(H,21,22). The molecule has 2 N–H and O–H groups in total. The van der Waals surface area contributed by atoms with Gasteiger partial charge in [-0.2, -0.15) is 0 Å². The SMILES string of the molecule is O=C(O)CCC1CCCCN1C(=O)c1cc2ccc(Cl)cc2[nH]1. The molecule has 0 spiro atoms. The second-order valence-corrected chi connectivity index (χ2v) is 6.43. The van der Waals surface area contributed by atoms with Gasteiger partial charge in [-0.05, 0) is 43.9 Å². The summed E-state index contributed by atoms with van der Waals surface area (Å²) in [5.41, 5.74) is 1.37. The van der Waals surface area contributed by atoms with Gasteiger partial charge >= 0.3 is 5.97 Å². The van der Waals surface area contributed by atoms with Crippen LogP contribution in [-0.2, 0) is 4.79 Å². The Balaban J connectivity index is 1.81. The van der Waals surface area contributed by atoms with Crippen molar-refractivity contribution in [2.45, 2.75) is 38.1 Å². The molecule has 1 amide bonds. The van der Waals surface area contributed by atoms with Crippen molar-refractivity contribution in [3.05, 3.63) is 35.0 Å². The number of halogens is 1. The third-order valence-corrected chi connectivity index (χ3v) is 4.63. The summed E-state index contributed by atoms with van der Waals surface area (Å²) < 4.78 is 0. The van der Waals surface area contributed by atoms with E-state index in [0.29, 0.717) is 23.7 Å². The van der Waals surface area contributed by atoms with Crippen LogP contribution in [0, 0.1) is 0 Å². The number of hydrogen-bond donors (Lipinski definition) is 2. The molecule has 1 aromatic heterocycles. The van der Waals surface area contributed by atoms with Crippen LogP contribution in [0.4, 0.5) is 0 Å². The molecule has 3 rings (SSSR count). The van der Waals surface area contributed by atoms with Crippen LogP contribution in [0.25, 0.3) is 10.9 Å². The van der Waals surface area contributed by atoms with E-state index >= 15 is 0 Å². The van der Waals surface area contributed by atoms with Crippen molar-refractivity contribution < 1.29 is 14.7 Å². The normalized spacial score (nSPS) is 18.3. The number of carbonyl (C=O) groups excluding carboxylic acids is 1. The second kappa shape index (κ2) is 6.62. The monoisotopic (exact) mass is 334 g/mol. The summed E-state index contributed by atoms with van der Waals surface area (Å²) in [6.45, 7) is 0.680. The fourth-order valence-electron chi connectivity index (χ4n) is 3.23. The van der Waals surface area contributed by atoms with Crippen LogP contribution in [0.15, 0.2) is 24.3 Å². The number of rotatable bonds is 4. The van der Waals surface area contributed by atoms with Crippen molar-refractivity contribution in [3.63, 3.8) is 0 Å². The number of likely N-dealkylation sites (tertiary alicyclic amines) is 1. The topological polar surface area (TPSA) is 73.4 Å². The third-order valence-electron chi connectivity index (χ3n) is 4.39. The van der Waals surface area contributed by atoms with Crippen molar-refractivity contribution in [2.75, 3.05) is 6.54 Å². The van der Waals surface area contributed by atoms with Crippen molar-refractivity contribution in [2.24, 2.45) is 0 Å². The van der Waals surface area contributed by atoms with E-state index in [2.05, 4.69) is 4.98 Å². The van der Waals surface area contributed by atoms with Crippen molar-refractivity contribution in [1.82, 2.24) is 9.88 Å². The molecule has 122 valence electrons. The molecule has 23 heavy (non-hydrogen) atoms. The van der Waals surface area contributed by atoms with Crippen LogP contribution in [-0.4, -0.2) is 39.5 Å². The minimum absolute atomic E-state index is 0.00218. The number of nitrogens with one attached hydrogen (secondary N) is 1. The van der Waals surface area contributed by atoms with Gasteiger partial charge in [-0.1, -0.05) is 17.7 Å². The molecule has 1 saturated heterocycles. The van der Waals surface area contributed by atoms with Gasteiger partial charge in [-0.3, -0.25) is 9.59 Å². The third kappa shape index (κ3) is 3.50. The Morgan fingerprint density at radius 3 is 2.91 bits per heavy atom. The van der Waals surface area contributed by atoms with Gasteiger partial charge in [0.1, 0.15) is 5.69 Å². The highest BCUT2D eigenvalue weighted by Crippen LogP contribution is 2.25. The van der Waals surface area contributed by atoms with E-state index < -0.39 is 5.97 Å². The molecule has 1 aliphatic heterocycles. The highest BCUT2D eigenvalue weighted by atomic mass is 35.5. The minimum atomic E-state index is -0.816. The Morgan fingerprint density at radius 1 is 1.30 bits per heavy atom. The lowest BCUT2D eigenvalue weighted by Crippen LogP contribution is -2.44. The number of H-pyrrole nitrogens is 1. The van der Waals surface area contributed by atoms with Crippen LogP contribution in [0.3, 0.4) is 0 Å². The maximum atomic E-state index is 12.8. The molecule has 1 unspecified atom stereocenters. The Morgan fingerprint density at radius 2 is 2.13 bits per heavy atom. The average Bonchev–Trinajstić information content (AvgIpc) is 2.95. The largest absolute Gasteiger partial charge is 0.481 e. The zero-order chi connectivity index (χ0) is 16.4. The lowest BCUT2D eigenvalue weighted by atomic mass is 9.97. The van der Waals surface area contributed by atoms with Crippen molar-refractivity contribution >= 4 is 34.4 Å². The molecule has 2 aromatic rings. The molecule has 1 aliphatic rings. The second-order valence-electron chi connectivity index (χ2n) is 6.00. The number of amides is 1. The predicted molar refractivity (Wildman–Crippen MR) is 88.9 cm³/mol. The van der Waals surface area contributed by atoms with Gasteiger partial charge in [0.25, 0.3) is 5.91 Å². The summed E-state index contributed by atoms with van der Waals surface area (Å²) in [6, 6.07) is 7.30. The molecule has 1 aromatic carbocycles. The zero-order valence-electron chi connectivity index (χ0n) is 12.7. The summed E-state index contributed by atoms with van der Waals surface area (Å²) in [4.78, 5) is 28.6. The predicted octanol–water partition coefficient (Wildman–Crippen LogP) is 3.68. The Kier molecular flexibility index (Phi) is 4.57. The van der Waals surface area contributed by atoms with Gasteiger partial charge in [0.2, 0.25) is 0 Å². The van der Waals surface area contributed by atoms with Gasteiger partial charge < -0.3 is 15.0 Å². The lowest BCUT2D eigenvalue weighted by molar-refractivity contribution is -0.137. The number of fused-ring (bicyclic) bond motifs is 1. The highest BCUT2D eigenvalue weighted by Gasteiger charge is 2.28. The number of hydrogen-bond acceptors (Lipinski definition) is 2. The van der Waals surface area contributed by atoms with E-state index in [0.717, 1.165) is 30.2 Å². The van der Waals surface area contributed by atoms with Crippen LogP contribution < -0.4 is 0 Å². The number of carboxylic acid groups (broad SMARTS) is 1. The maximum Gasteiger partial charge on any atom is 0.303 e. The summed E-state index contributed by atoms with van der Waals surface area (Å²) >= 11 is 5.98. The molecular weight excluding hydrogens is 316 g/mol. The zero-order valence-corrected chi connectivity index (χ0v) is 13.5. The smallest absolute Gasteiger partial charge is 0.303 e. The number of carboxylic acids is 1. The molecule has 5 nitrogen and oxygen atoms in total.